The minimum atomic E-state index is -0.844. The molecule has 3 N–H and O–H groups in total. The van der Waals surface area contributed by atoms with Gasteiger partial charge in [0, 0.05) is 12.8 Å². The highest BCUT2D eigenvalue weighted by Gasteiger charge is 2.18. The zero-order chi connectivity index (χ0) is 58.5. The molecule has 0 aromatic rings. The molecular formula is C75H145NO5. The summed E-state index contributed by atoms with van der Waals surface area (Å²) < 4.78 is 5.52. The fourth-order valence-corrected chi connectivity index (χ4v) is 11.8. The molecule has 0 aromatic heterocycles. The average Bonchev–Trinajstić information content (AvgIpc) is 3.47. The molecule has 2 atom stereocenters. The lowest BCUT2D eigenvalue weighted by molar-refractivity contribution is -0.143. The van der Waals surface area contributed by atoms with Crippen molar-refractivity contribution < 1.29 is 24.5 Å². The lowest BCUT2D eigenvalue weighted by Gasteiger charge is -2.20. The zero-order valence-corrected chi connectivity index (χ0v) is 55.0. The number of amides is 1. The highest BCUT2D eigenvalue weighted by Crippen LogP contribution is 2.19. The third-order valence-corrected chi connectivity index (χ3v) is 17.5. The number of carbonyl (C=O) groups is 2. The van der Waals surface area contributed by atoms with Gasteiger partial charge in [0.1, 0.15) is 0 Å². The Morgan fingerprint density at radius 1 is 0.333 bits per heavy atom. The van der Waals surface area contributed by atoms with Crippen molar-refractivity contribution in [3.05, 3.63) is 24.3 Å². The fourth-order valence-electron chi connectivity index (χ4n) is 11.8. The van der Waals surface area contributed by atoms with Crippen LogP contribution in [-0.4, -0.2) is 47.4 Å². The third kappa shape index (κ3) is 67.3. The number of nitrogens with one attached hydrogen (secondary N) is 1. The van der Waals surface area contributed by atoms with Crippen molar-refractivity contribution in [2.75, 3.05) is 13.2 Å². The molecule has 0 radical (unpaired) electrons. The number of allylic oxidation sites excluding steroid dienone is 3. The fraction of sp³-hybridized carbons (Fsp3) is 0.920. The molecule has 0 saturated carbocycles. The Kier molecular flexibility index (Phi) is 69.4. The molecule has 0 fully saturated rings. The van der Waals surface area contributed by atoms with E-state index in [2.05, 4.69) is 31.3 Å². The quantitative estimate of drug-likeness (QED) is 0.0320. The molecule has 1 amide bonds. The van der Waals surface area contributed by atoms with E-state index in [9.17, 15) is 19.8 Å². The third-order valence-electron chi connectivity index (χ3n) is 17.5. The predicted molar refractivity (Wildman–Crippen MR) is 356 cm³/mol. The van der Waals surface area contributed by atoms with Crippen molar-refractivity contribution in [2.45, 2.75) is 431 Å². The maximum Gasteiger partial charge on any atom is 0.305 e. The lowest BCUT2D eigenvalue weighted by Crippen LogP contribution is -2.45. The van der Waals surface area contributed by atoms with Crippen LogP contribution < -0.4 is 5.32 Å². The van der Waals surface area contributed by atoms with Crippen LogP contribution in [0.15, 0.2) is 24.3 Å². The summed E-state index contributed by atoms with van der Waals surface area (Å²) in [5.74, 6) is -0.0434. The minimum Gasteiger partial charge on any atom is -0.466 e. The van der Waals surface area contributed by atoms with E-state index < -0.39 is 12.1 Å². The van der Waals surface area contributed by atoms with Crippen LogP contribution in [0, 0.1) is 0 Å². The minimum absolute atomic E-state index is 0.0211. The lowest BCUT2D eigenvalue weighted by atomic mass is 10.0. The van der Waals surface area contributed by atoms with Crippen molar-refractivity contribution in [1.82, 2.24) is 5.32 Å². The van der Waals surface area contributed by atoms with Crippen LogP contribution in [-0.2, 0) is 14.3 Å². The van der Waals surface area contributed by atoms with E-state index in [1.165, 1.54) is 353 Å². The Morgan fingerprint density at radius 2 is 0.580 bits per heavy atom. The van der Waals surface area contributed by atoms with Gasteiger partial charge in [0.25, 0.3) is 0 Å². The smallest absolute Gasteiger partial charge is 0.305 e. The largest absolute Gasteiger partial charge is 0.466 e. The second kappa shape index (κ2) is 70.8. The van der Waals surface area contributed by atoms with Crippen LogP contribution in [0.2, 0.25) is 0 Å². The molecule has 0 bridgehead atoms. The van der Waals surface area contributed by atoms with Gasteiger partial charge >= 0.3 is 5.97 Å². The standard InChI is InChI=1S/C75H145NO5/c1-3-5-7-9-11-13-15-17-19-21-32-37-41-45-49-53-57-61-65-69-75(80)81-70-66-62-58-54-50-46-42-38-34-31-29-27-25-23-22-24-26-28-30-33-36-40-44-48-52-56-60-64-68-74(79)76-72(71-77)73(78)67-63-59-55-51-47-43-39-35-20-18-16-14-12-10-8-6-4-2/h22-23,63,67,72-73,77-78H,3-21,24-62,64-66,68-71H2,1-2H3,(H,76,79)/b23-22-,67-63+. The van der Waals surface area contributed by atoms with Crippen LogP contribution >= 0.6 is 0 Å². The van der Waals surface area contributed by atoms with E-state index in [0.29, 0.717) is 19.4 Å². The van der Waals surface area contributed by atoms with E-state index >= 15 is 0 Å². The molecule has 0 aromatic carbocycles. The Bertz CT molecular complexity index is 1270. The van der Waals surface area contributed by atoms with Gasteiger partial charge in [0.15, 0.2) is 0 Å². The molecule has 0 aliphatic rings. The van der Waals surface area contributed by atoms with Gasteiger partial charge in [-0.2, -0.15) is 0 Å². The molecule has 0 heterocycles. The number of ether oxygens (including phenoxy) is 1. The molecule has 6 heteroatoms. The van der Waals surface area contributed by atoms with Gasteiger partial charge in [-0.25, -0.2) is 0 Å². The highest BCUT2D eigenvalue weighted by molar-refractivity contribution is 5.76. The van der Waals surface area contributed by atoms with Crippen LogP contribution in [0.1, 0.15) is 418 Å². The molecule has 2 unspecified atom stereocenters. The van der Waals surface area contributed by atoms with Crippen LogP contribution in [0.4, 0.5) is 0 Å². The van der Waals surface area contributed by atoms with Crippen molar-refractivity contribution in [3.8, 4) is 0 Å². The Hall–Kier alpha value is -1.66. The maximum atomic E-state index is 12.5. The van der Waals surface area contributed by atoms with E-state index in [4.69, 9.17) is 4.74 Å². The summed E-state index contributed by atoms with van der Waals surface area (Å²) in [6, 6.07) is -0.628. The number of aliphatic hydroxyl groups excluding tert-OH is 2. The second-order valence-electron chi connectivity index (χ2n) is 25.6. The molecule has 81 heavy (non-hydrogen) atoms. The monoisotopic (exact) mass is 1140 g/mol. The molecule has 0 rings (SSSR count). The van der Waals surface area contributed by atoms with Gasteiger partial charge in [-0.05, 0) is 57.8 Å². The average molecular weight is 1140 g/mol. The van der Waals surface area contributed by atoms with Crippen molar-refractivity contribution in [2.24, 2.45) is 0 Å². The van der Waals surface area contributed by atoms with E-state index in [1.54, 1.807) is 6.08 Å². The van der Waals surface area contributed by atoms with Gasteiger partial charge in [0.2, 0.25) is 5.91 Å². The molecule has 480 valence electrons. The van der Waals surface area contributed by atoms with E-state index in [-0.39, 0.29) is 18.5 Å². The van der Waals surface area contributed by atoms with Crippen LogP contribution in [0.3, 0.4) is 0 Å². The first-order chi connectivity index (χ1) is 40.0. The number of unbranched alkanes of at least 4 members (excludes halogenated alkanes) is 57. The molecule has 0 spiro atoms. The van der Waals surface area contributed by atoms with Gasteiger partial charge in [-0.15, -0.1) is 0 Å². The number of carbonyl (C=O) groups excluding carboxylic acids is 2. The first kappa shape index (κ1) is 79.3. The van der Waals surface area contributed by atoms with Gasteiger partial charge in [0.05, 0.1) is 25.4 Å². The van der Waals surface area contributed by atoms with Crippen molar-refractivity contribution >= 4 is 11.9 Å². The normalized spacial score (nSPS) is 12.6. The van der Waals surface area contributed by atoms with Crippen molar-refractivity contribution in [3.63, 3.8) is 0 Å². The number of aliphatic hydroxyl groups is 2. The molecule has 6 nitrogen and oxygen atoms in total. The molecule has 0 aliphatic heterocycles. The zero-order valence-electron chi connectivity index (χ0n) is 55.0. The summed E-state index contributed by atoms with van der Waals surface area (Å²) >= 11 is 0. The number of hydrogen-bond donors (Lipinski definition) is 3. The second-order valence-corrected chi connectivity index (χ2v) is 25.6. The number of esters is 1. The SMILES string of the molecule is CCCCCCCCCCCCCCCCC/C=C/C(O)C(CO)NC(=O)CCCCCCCCCCCCCC/C=C\CCCCCCCCCCCCCCOC(=O)CCCCCCCCCCCCCCCCCCCCC. The predicted octanol–water partition coefficient (Wildman–Crippen LogP) is 24.1. The Morgan fingerprint density at radius 3 is 0.877 bits per heavy atom. The Balaban J connectivity index is 3.37. The summed E-state index contributed by atoms with van der Waals surface area (Å²) in [5, 5.41) is 23.2. The van der Waals surface area contributed by atoms with Gasteiger partial charge < -0.3 is 20.3 Å². The summed E-state index contributed by atoms with van der Waals surface area (Å²) in [4.78, 5) is 24.6. The number of rotatable bonds is 70. The first-order valence-electron chi connectivity index (χ1n) is 37.1. The van der Waals surface area contributed by atoms with Gasteiger partial charge in [-0.3, -0.25) is 9.59 Å². The molecule has 0 aliphatic carbocycles. The van der Waals surface area contributed by atoms with Crippen molar-refractivity contribution in [1.29, 1.82) is 0 Å². The first-order valence-corrected chi connectivity index (χ1v) is 37.1. The number of hydrogen-bond acceptors (Lipinski definition) is 5. The summed E-state index contributed by atoms with van der Waals surface area (Å²) in [5.41, 5.74) is 0. The summed E-state index contributed by atoms with van der Waals surface area (Å²) in [6.45, 7) is 4.95. The highest BCUT2D eigenvalue weighted by atomic mass is 16.5. The topological polar surface area (TPSA) is 95.9 Å². The summed E-state index contributed by atoms with van der Waals surface area (Å²) in [6.07, 6.45) is 89.9. The molecular weight excluding hydrogens is 995 g/mol. The maximum absolute atomic E-state index is 12.5. The van der Waals surface area contributed by atoms with Gasteiger partial charge in [-0.1, -0.05) is 372 Å². The summed E-state index contributed by atoms with van der Waals surface area (Å²) in [7, 11) is 0. The van der Waals surface area contributed by atoms with E-state index in [1.807, 2.05) is 6.08 Å². The van der Waals surface area contributed by atoms with Crippen LogP contribution in [0.25, 0.3) is 0 Å². The van der Waals surface area contributed by atoms with Crippen LogP contribution in [0.5, 0.6) is 0 Å². The molecule has 0 saturated heterocycles. The Labute approximate surface area is 507 Å². The van der Waals surface area contributed by atoms with E-state index in [0.717, 1.165) is 38.5 Å².